The van der Waals surface area contributed by atoms with Crippen molar-refractivity contribution in [3.05, 3.63) is 65.7 Å². The molecule has 5 heteroatoms. The summed E-state index contributed by atoms with van der Waals surface area (Å²) in [5.74, 6) is 0.121. The summed E-state index contributed by atoms with van der Waals surface area (Å²) in [5.41, 5.74) is 2.78. The predicted molar refractivity (Wildman–Crippen MR) is 106 cm³/mol. The number of amides is 1. The van der Waals surface area contributed by atoms with Crippen LogP contribution in [-0.2, 0) is 6.54 Å². The highest BCUT2D eigenvalue weighted by molar-refractivity contribution is 7.80. The monoisotopic (exact) mass is 353 g/mol. The van der Waals surface area contributed by atoms with Crippen LogP contribution in [0.2, 0.25) is 0 Å². The molecular weight excluding hydrogens is 330 g/mol. The Labute approximate surface area is 154 Å². The van der Waals surface area contributed by atoms with Gasteiger partial charge < -0.3 is 15.5 Å². The molecule has 0 aliphatic carbocycles. The summed E-state index contributed by atoms with van der Waals surface area (Å²) in [6.45, 7) is 2.41. The first-order chi connectivity index (χ1) is 12.2. The van der Waals surface area contributed by atoms with Crippen molar-refractivity contribution in [1.29, 1.82) is 0 Å². The van der Waals surface area contributed by atoms with Crippen LogP contribution in [0.25, 0.3) is 0 Å². The quantitative estimate of drug-likeness (QED) is 0.821. The molecule has 1 aliphatic rings. The van der Waals surface area contributed by atoms with E-state index >= 15 is 0 Å². The first-order valence-electron chi connectivity index (χ1n) is 8.70. The minimum absolute atomic E-state index is 0.121. The molecule has 1 saturated heterocycles. The summed E-state index contributed by atoms with van der Waals surface area (Å²) >= 11 is 5.32. The number of carbonyl (C=O) groups excluding carboxylic acids is 1. The van der Waals surface area contributed by atoms with Crippen LogP contribution in [0.3, 0.4) is 0 Å². The highest BCUT2D eigenvalue weighted by Gasteiger charge is 2.17. The van der Waals surface area contributed by atoms with E-state index < -0.39 is 0 Å². The number of thiocarbonyl (C=S) groups is 1. The first-order valence-corrected chi connectivity index (χ1v) is 9.11. The fraction of sp³-hybridized carbons (Fsp3) is 0.300. The van der Waals surface area contributed by atoms with Crippen molar-refractivity contribution in [2.75, 3.05) is 18.4 Å². The molecule has 1 heterocycles. The third kappa shape index (κ3) is 5.03. The highest BCUT2D eigenvalue weighted by Crippen LogP contribution is 2.15. The zero-order valence-corrected chi connectivity index (χ0v) is 15.0. The van der Waals surface area contributed by atoms with E-state index in [1.807, 2.05) is 47.4 Å². The van der Waals surface area contributed by atoms with Gasteiger partial charge in [0, 0.05) is 30.9 Å². The summed E-state index contributed by atoms with van der Waals surface area (Å²) in [4.78, 5) is 14.4. The highest BCUT2D eigenvalue weighted by atomic mass is 32.1. The topological polar surface area (TPSA) is 44.4 Å². The molecule has 0 radical (unpaired) electrons. The second-order valence-corrected chi connectivity index (χ2v) is 6.63. The van der Waals surface area contributed by atoms with Crippen LogP contribution in [0.1, 0.15) is 35.2 Å². The zero-order valence-electron chi connectivity index (χ0n) is 14.2. The van der Waals surface area contributed by atoms with Gasteiger partial charge in [0.1, 0.15) is 0 Å². The van der Waals surface area contributed by atoms with Crippen molar-refractivity contribution in [3.63, 3.8) is 0 Å². The van der Waals surface area contributed by atoms with Gasteiger partial charge in [0.05, 0.1) is 0 Å². The fourth-order valence-corrected chi connectivity index (χ4v) is 3.12. The third-order valence-electron chi connectivity index (χ3n) is 4.33. The van der Waals surface area contributed by atoms with E-state index in [0.29, 0.717) is 11.7 Å². The number of nitrogens with zero attached hydrogens (tertiary/aromatic N) is 1. The minimum atomic E-state index is 0.121. The summed E-state index contributed by atoms with van der Waals surface area (Å²) in [6, 6.07) is 17.6. The van der Waals surface area contributed by atoms with E-state index in [1.165, 1.54) is 12.0 Å². The molecule has 0 spiro atoms. The summed E-state index contributed by atoms with van der Waals surface area (Å²) < 4.78 is 0. The number of hydrogen-bond donors (Lipinski definition) is 2. The number of anilines is 1. The van der Waals surface area contributed by atoms with E-state index in [9.17, 15) is 4.79 Å². The fourth-order valence-electron chi connectivity index (χ4n) is 2.93. The van der Waals surface area contributed by atoms with Gasteiger partial charge in [0.2, 0.25) is 0 Å². The maximum absolute atomic E-state index is 12.5. The van der Waals surface area contributed by atoms with E-state index in [2.05, 4.69) is 22.8 Å². The largest absolute Gasteiger partial charge is 0.358 e. The van der Waals surface area contributed by atoms with E-state index in [4.69, 9.17) is 12.2 Å². The first kappa shape index (κ1) is 17.4. The Morgan fingerprint density at radius 1 is 0.960 bits per heavy atom. The standard InChI is InChI=1S/C20H23N3OS/c24-19(23-13-5-2-6-14-23)17-9-11-18(12-10-17)22-20(25)21-15-16-7-3-1-4-8-16/h1,3-4,7-12H,2,5-6,13-15H2,(H2,21,22,25). The molecule has 130 valence electrons. The molecule has 0 atom stereocenters. The average Bonchev–Trinajstić information content (AvgIpc) is 2.68. The molecule has 25 heavy (non-hydrogen) atoms. The van der Waals surface area contributed by atoms with Gasteiger partial charge in [-0.2, -0.15) is 0 Å². The molecule has 1 aliphatic heterocycles. The van der Waals surface area contributed by atoms with Gasteiger partial charge in [-0.15, -0.1) is 0 Å². The van der Waals surface area contributed by atoms with Crippen LogP contribution >= 0.6 is 12.2 Å². The summed E-state index contributed by atoms with van der Waals surface area (Å²) in [5, 5.41) is 6.90. The number of hydrogen-bond acceptors (Lipinski definition) is 2. The van der Waals surface area contributed by atoms with E-state index in [0.717, 1.165) is 37.2 Å². The number of carbonyl (C=O) groups is 1. The Bertz CT molecular complexity index is 709. The number of benzene rings is 2. The molecule has 1 fully saturated rings. The van der Waals surface area contributed by atoms with Gasteiger partial charge in [-0.25, -0.2) is 0 Å². The Balaban J connectivity index is 1.51. The van der Waals surface area contributed by atoms with E-state index in [-0.39, 0.29) is 5.91 Å². The molecule has 2 aromatic carbocycles. The Morgan fingerprint density at radius 3 is 2.32 bits per heavy atom. The number of piperidine rings is 1. The molecule has 0 saturated carbocycles. The van der Waals surface area contributed by atoms with Gasteiger partial charge in [-0.1, -0.05) is 30.3 Å². The van der Waals surface area contributed by atoms with Crippen molar-refractivity contribution >= 4 is 28.9 Å². The lowest BCUT2D eigenvalue weighted by Gasteiger charge is -2.26. The molecule has 0 bridgehead atoms. The summed E-state index contributed by atoms with van der Waals surface area (Å²) in [6.07, 6.45) is 3.43. The molecule has 3 rings (SSSR count). The Hall–Kier alpha value is -2.40. The van der Waals surface area contributed by atoms with E-state index in [1.54, 1.807) is 0 Å². The van der Waals surface area contributed by atoms with Gasteiger partial charge in [-0.3, -0.25) is 4.79 Å². The van der Waals surface area contributed by atoms with Gasteiger partial charge >= 0.3 is 0 Å². The normalized spacial score (nSPS) is 14.0. The second kappa shape index (κ2) is 8.62. The van der Waals surface area contributed by atoms with Crippen molar-refractivity contribution in [3.8, 4) is 0 Å². The second-order valence-electron chi connectivity index (χ2n) is 6.22. The predicted octanol–water partition coefficient (Wildman–Crippen LogP) is 3.80. The van der Waals surface area contributed by atoms with Gasteiger partial charge in [-0.05, 0) is 61.3 Å². The van der Waals surface area contributed by atoms with Crippen LogP contribution < -0.4 is 10.6 Å². The molecule has 0 unspecified atom stereocenters. The molecule has 4 nitrogen and oxygen atoms in total. The number of rotatable bonds is 4. The van der Waals surface area contributed by atoms with Crippen LogP contribution in [-0.4, -0.2) is 29.0 Å². The van der Waals surface area contributed by atoms with Crippen LogP contribution in [0.15, 0.2) is 54.6 Å². The van der Waals surface area contributed by atoms with Crippen molar-refractivity contribution in [2.45, 2.75) is 25.8 Å². The maximum Gasteiger partial charge on any atom is 0.253 e. The zero-order chi connectivity index (χ0) is 17.5. The van der Waals surface area contributed by atoms with Crippen molar-refractivity contribution in [1.82, 2.24) is 10.2 Å². The number of likely N-dealkylation sites (tertiary alicyclic amines) is 1. The smallest absolute Gasteiger partial charge is 0.253 e. The molecule has 1 amide bonds. The Morgan fingerprint density at radius 2 is 1.64 bits per heavy atom. The Kier molecular flexibility index (Phi) is 6.01. The SMILES string of the molecule is O=C(c1ccc(NC(=S)NCc2ccccc2)cc1)N1CCCCC1. The lowest BCUT2D eigenvalue weighted by molar-refractivity contribution is 0.0724. The maximum atomic E-state index is 12.5. The lowest BCUT2D eigenvalue weighted by Crippen LogP contribution is -2.35. The van der Waals surface area contributed by atoms with Crippen LogP contribution in [0.4, 0.5) is 5.69 Å². The van der Waals surface area contributed by atoms with Gasteiger partial charge in [0.25, 0.3) is 5.91 Å². The average molecular weight is 353 g/mol. The lowest BCUT2D eigenvalue weighted by atomic mass is 10.1. The van der Waals surface area contributed by atoms with Crippen molar-refractivity contribution < 1.29 is 4.79 Å². The van der Waals surface area contributed by atoms with Crippen molar-refractivity contribution in [2.24, 2.45) is 0 Å². The molecule has 0 aromatic heterocycles. The summed E-state index contributed by atoms with van der Waals surface area (Å²) in [7, 11) is 0. The number of nitrogens with one attached hydrogen (secondary N) is 2. The minimum Gasteiger partial charge on any atom is -0.358 e. The van der Waals surface area contributed by atoms with Gasteiger partial charge in [0.15, 0.2) is 5.11 Å². The molecule has 2 aromatic rings. The third-order valence-corrected chi connectivity index (χ3v) is 4.58. The molecule has 2 N–H and O–H groups in total. The molecular formula is C20H23N3OS. The van der Waals surface area contributed by atoms with Crippen LogP contribution in [0, 0.1) is 0 Å². The van der Waals surface area contributed by atoms with Crippen LogP contribution in [0.5, 0.6) is 0 Å².